The molecule has 0 bridgehead atoms. The Morgan fingerprint density at radius 3 is 2.08 bits per heavy atom. The number of allylic oxidation sites excluding steroid dienone is 6. The van der Waals surface area contributed by atoms with E-state index in [2.05, 4.69) is 201 Å². The number of benzene rings is 6. The average Bonchev–Trinajstić information content (AvgIpc) is 3.94. The standard InChI is InChI=1S/C61H52N2O/c1-60(2)49-29-14-13-25-43(49)46-36-52-48(37-51(46)60)54-42(26-18-30-50(54)61(52)33-15-6-16-34-61)41-31-32-53-47(35-41)44-27-17-28-45(59(44)64-53)58-57(40-23-11-5-12-24-40)62-55(38-19-7-3-8-20-38)56(63-58)39-21-9-4-10-22-39/h3-5,7-14,17-32,35-37,46-47,51,53,56,63H,6,15-16,33-34H2,1-2H3. The van der Waals surface area contributed by atoms with E-state index in [0.29, 0.717) is 11.8 Å². The van der Waals surface area contributed by atoms with Gasteiger partial charge in [0.15, 0.2) is 0 Å². The van der Waals surface area contributed by atoms with Crippen molar-refractivity contribution in [1.82, 2.24) is 5.32 Å². The summed E-state index contributed by atoms with van der Waals surface area (Å²) in [5.41, 5.74) is 20.5. The fraction of sp³-hybridized carbons (Fsp3) is 0.230. The highest BCUT2D eigenvalue weighted by Crippen LogP contribution is 2.64. The van der Waals surface area contributed by atoms with Crippen LogP contribution in [0.15, 0.2) is 193 Å². The Labute approximate surface area is 377 Å². The van der Waals surface area contributed by atoms with Crippen molar-refractivity contribution in [2.24, 2.45) is 10.9 Å². The molecule has 2 aliphatic heterocycles. The van der Waals surface area contributed by atoms with Crippen LogP contribution in [0.4, 0.5) is 0 Å². The molecule has 0 amide bonds. The normalized spacial score (nSPS) is 25.0. The summed E-state index contributed by atoms with van der Waals surface area (Å²) in [6, 6.07) is 55.0. The van der Waals surface area contributed by atoms with Gasteiger partial charge in [0.25, 0.3) is 0 Å². The van der Waals surface area contributed by atoms with Crippen molar-refractivity contribution >= 4 is 28.3 Å². The lowest BCUT2D eigenvalue weighted by Gasteiger charge is -2.39. The highest BCUT2D eigenvalue weighted by atomic mass is 16.5. The Bertz CT molecular complexity index is 3070. The number of hydrogen-bond donors (Lipinski definition) is 1. The van der Waals surface area contributed by atoms with Crippen LogP contribution in [-0.2, 0) is 10.8 Å². The molecule has 7 aliphatic rings. The van der Waals surface area contributed by atoms with Crippen molar-refractivity contribution < 1.29 is 4.74 Å². The van der Waals surface area contributed by atoms with Crippen LogP contribution < -0.4 is 10.1 Å². The summed E-state index contributed by atoms with van der Waals surface area (Å²) in [6.07, 6.45) is 18.9. The van der Waals surface area contributed by atoms with Crippen molar-refractivity contribution in [3.63, 3.8) is 0 Å². The maximum absolute atomic E-state index is 7.11. The molecule has 312 valence electrons. The third-order valence-electron chi connectivity index (χ3n) is 16.0. The number of hydrogen-bond acceptors (Lipinski definition) is 3. The molecule has 3 heteroatoms. The van der Waals surface area contributed by atoms with E-state index < -0.39 is 0 Å². The minimum Gasteiger partial charge on any atom is -0.484 e. The van der Waals surface area contributed by atoms with Crippen LogP contribution in [0.5, 0.6) is 5.75 Å². The Morgan fingerprint density at radius 1 is 0.609 bits per heavy atom. The molecule has 0 aromatic heterocycles. The smallest absolute Gasteiger partial charge is 0.133 e. The maximum atomic E-state index is 7.11. The van der Waals surface area contributed by atoms with Crippen LogP contribution in [0.1, 0.15) is 119 Å². The van der Waals surface area contributed by atoms with E-state index in [-0.39, 0.29) is 28.9 Å². The van der Waals surface area contributed by atoms with E-state index in [9.17, 15) is 0 Å². The molecular formula is C61H52N2O. The molecule has 5 aliphatic carbocycles. The van der Waals surface area contributed by atoms with Gasteiger partial charge >= 0.3 is 0 Å². The monoisotopic (exact) mass is 828 g/mol. The summed E-state index contributed by atoms with van der Waals surface area (Å²) in [7, 11) is 0. The number of aliphatic imine (C=N–C) groups is 1. The number of ether oxygens (including phenoxy) is 1. The Kier molecular flexibility index (Phi) is 8.51. The summed E-state index contributed by atoms with van der Waals surface area (Å²) >= 11 is 0. The van der Waals surface area contributed by atoms with Crippen LogP contribution in [0.2, 0.25) is 0 Å². The molecule has 13 rings (SSSR count). The molecule has 0 saturated heterocycles. The van der Waals surface area contributed by atoms with Crippen molar-refractivity contribution in [2.45, 2.75) is 80.8 Å². The molecule has 1 spiro atoms. The molecule has 1 fully saturated rings. The molecule has 5 atom stereocenters. The van der Waals surface area contributed by atoms with Gasteiger partial charge in [-0.25, -0.2) is 4.99 Å². The van der Waals surface area contributed by atoms with Gasteiger partial charge in [0.2, 0.25) is 0 Å². The molecule has 3 nitrogen and oxygen atoms in total. The molecule has 64 heavy (non-hydrogen) atoms. The Hall–Kier alpha value is -6.71. The van der Waals surface area contributed by atoms with Gasteiger partial charge in [-0.3, -0.25) is 0 Å². The zero-order valence-electron chi connectivity index (χ0n) is 36.6. The zero-order chi connectivity index (χ0) is 42.6. The van der Waals surface area contributed by atoms with E-state index in [4.69, 9.17) is 9.73 Å². The number of fused-ring (bicyclic) bond motifs is 11. The van der Waals surface area contributed by atoms with Crippen molar-refractivity contribution in [3.8, 4) is 5.75 Å². The second-order valence-electron chi connectivity index (χ2n) is 19.6. The number of nitrogens with zero attached hydrogens (tertiary/aromatic N) is 1. The van der Waals surface area contributed by atoms with E-state index in [1.165, 1.54) is 76.6 Å². The molecular weight excluding hydrogens is 777 g/mol. The van der Waals surface area contributed by atoms with Gasteiger partial charge in [0.05, 0.1) is 23.1 Å². The van der Waals surface area contributed by atoms with Crippen LogP contribution in [0.3, 0.4) is 0 Å². The first-order chi connectivity index (χ1) is 31.5. The predicted octanol–water partition coefficient (Wildman–Crippen LogP) is 14.1. The van der Waals surface area contributed by atoms with Gasteiger partial charge in [-0.05, 0) is 92.0 Å². The highest BCUT2D eigenvalue weighted by molar-refractivity contribution is 6.12. The maximum Gasteiger partial charge on any atom is 0.133 e. The first kappa shape index (κ1) is 37.8. The fourth-order valence-electron chi connectivity index (χ4n) is 13.0. The van der Waals surface area contributed by atoms with Crippen LogP contribution in [0, 0.1) is 5.92 Å². The van der Waals surface area contributed by atoms with E-state index in [0.717, 1.165) is 39.5 Å². The second kappa shape index (κ2) is 14.4. The average molecular weight is 829 g/mol. The number of para-hydroxylation sites is 1. The summed E-state index contributed by atoms with van der Waals surface area (Å²) < 4.78 is 7.11. The lowest BCUT2D eigenvalue weighted by atomic mass is 9.64. The topological polar surface area (TPSA) is 33.6 Å². The molecule has 6 aromatic carbocycles. The van der Waals surface area contributed by atoms with Gasteiger partial charge < -0.3 is 10.1 Å². The van der Waals surface area contributed by atoms with Gasteiger partial charge in [0, 0.05) is 33.9 Å². The van der Waals surface area contributed by atoms with E-state index in [1.807, 2.05) is 0 Å². The van der Waals surface area contributed by atoms with Crippen LogP contribution in [0.25, 0.3) is 22.5 Å². The van der Waals surface area contributed by atoms with Gasteiger partial charge in [0.1, 0.15) is 11.9 Å². The van der Waals surface area contributed by atoms with Crippen LogP contribution in [-0.4, -0.2) is 11.8 Å². The fourth-order valence-corrected chi connectivity index (χ4v) is 13.0. The molecule has 5 unspecified atom stereocenters. The molecule has 1 saturated carbocycles. The molecule has 1 N–H and O–H groups in total. The van der Waals surface area contributed by atoms with Crippen molar-refractivity contribution in [3.05, 3.63) is 243 Å². The molecule has 0 radical (unpaired) electrons. The molecule has 2 heterocycles. The quantitative estimate of drug-likeness (QED) is 0.188. The van der Waals surface area contributed by atoms with Gasteiger partial charge in [-0.1, -0.05) is 203 Å². The summed E-state index contributed by atoms with van der Waals surface area (Å²) in [6.45, 7) is 4.95. The van der Waals surface area contributed by atoms with Crippen LogP contribution >= 0.6 is 0 Å². The molecule has 6 aromatic rings. The van der Waals surface area contributed by atoms with Crippen molar-refractivity contribution in [2.75, 3.05) is 0 Å². The summed E-state index contributed by atoms with van der Waals surface area (Å²) in [4.78, 5) is 5.59. The van der Waals surface area contributed by atoms with E-state index in [1.54, 1.807) is 11.1 Å². The van der Waals surface area contributed by atoms with Gasteiger partial charge in [-0.2, -0.15) is 0 Å². The summed E-state index contributed by atoms with van der Waals surface area (Å²) in [5.74, 6) is 1.87. The Balaban J connectivity index is 0.938. The first-order valence-electron chi connectivity index (χ1n) is 23.6. The zero-order valence-corrected chi connectivity index (χ0v) is 36.6. The minimum atomic E-state index is -0.156. The summed E-state index contributed by atoms with van der Waals surface area (Å²) in [5, 5.41) is 4.06. The second-order valence-corrected chi connectivity index (χ2v) is 19.6. The largest absolute Gasteiger partial charge is 0.484 e. The third-order valence-corrected chi connectivity index (χ3v) is 16.0. The lowest BCUT2D eigenvalue weighted by molar-refractivity contribution is 0.268. The number of rotatable bonds is 5. The highest BCUT2D eigenvalue weighted by Gasteiger charge is 2.53. The predicted molar refractivity (Wildman–Crippen MR) is 262 cm³/mol. The van der Waals surface area contributed by atoms with Crippen molar-refractivity contribution in [1.29, 1.82) is 0 Å². The SMILES string of the molecule is CC1(C)c2ccccc2C2C=C3C(=CC21)c1c(C2=CC4c5cccc(C6=C(c7ccccc7)N=C(c7ccccc7)C(c7ccccc7)N6)c5OC4C=C2)cccc1C31CCCCC1. The third kappa shape index (κ3) is 5.55. The van der Waals surface area contributed by atoms with E-state index >= 15 is 0 Å². The Morgan fingerprint density at radius 2 is 1.28 bits per heavy atom. The van der Waals surface area contributed by atoms with Gasteiger partial charge in [-0.15, -0.1) is 0 Å². The minimum absolute atomic E-state index is 0.0616. The number of nitrogens with one attached hydrogen (secondary N) is 1. The first-order valence-corrected chi connectivity index (χ1v) is 23.6. The lowest BCUT2D eigenvalue weighted by Crippen LogP contribution is -2.32.